The molecule has 31 heavy (non-hydrogen) atoms. The van der Waals surface area contributed by atoms with E-state index in [-0.39, 0.29) is 28.0 Å². The molecule has 1 N–H and O–H groups in total. The van der Waals surface area contributed by atoms with Gasteiger partial charge in [0.05, 0.1) is 11.1 Å². The standard InChI is InChI=1S/C20H14FN5O4S/c1-31(28,29)14-5-2-12(3-6-14)17-18(30-11-24-17)20(27)26-16-8-9-22-19(25-16)15-7-4-13(21)10-23-15/h2-11H,1H3,(H,22,25,26,27). The van der Waals surface area contributed by atoms with Gasteiger partial charge in [0.25, 0.3) is 5.91 Å². The van der Waals surface area contributed by atoms with E-state index >= 15 is 0 Å². The monoisotopic (exact) mass is 439 g/mol. The molecule has 0 atom stereocenters. The lowest BCUT2D eigenvalue weighted by molar-refractivity contribution is 0.0997. The van der Waals surface area contributed by atoms with Gasteiger partial charge in [0.15, 0.2) is 22.1 Å². The molecule has 0 saturated heterocycles. The molecule has 1 aromatic carbocycles. The van der Waals surface area contributed by atoms with Gasteiger partial charge in [-0.3, -0.25) is 4.79 Å². The summed E-state index contributed by atoms with van der Waals surface area (Å²) in [6, 6.07) is 10.0. The van der Waals surface area contributed by atoms with Crippen LogP contribution in [0, 0.1) is 5.82 Å². The van der Waals surface area contributed by atoms with Gasteiger partial charge in [-0.1, -0.05) is 12.1 Å². The van der Waals surface area contributed by atoms with E-state index in [2.05, 4.69) is 25.3 Å². The van der Waals surface area contributed by atoms with Crippen LogP contribution in [0.3, 0.4) is 0 Å². The van der Waals surface area contributed by atoms with Crippen molar-refractivity contribution in [2.45, 2.75) is 4.90 Å². The zero-order valence-electron chi connectivity index (χ0n) is 16.0. The predicted octanol–water partition coefficient (Wildman–Crippen LogP) is 2.99. The highest BCUT2D eigenvalue weighted by Crippen LogP contribution is 2.24. The molecule has 9 nitrogen and oxygen atoms in total. The predicted molar refractivity (Wildman–Crippen MR) is 108 cm³/mol. The van der Waals surface area contributed by atoms with Crippen molar-refractivity contribution in [3.63, 3.8) is 0 Å². The molecule has 0 radical (unpaired) electrons. The third-order valence-corrected chi connectivity index (χ3v) is 5.31. The molecule has 4 aromatic rings. The van der Waals surface area contributed by atoms with Gasteiger partial charge in [0.1, 0.15) is 23.0 Å². The fourth-order valence-corrected chi connectivity index (χ4v) is 3.34. The number of nitrogens with one attached hydrogen (secondary N) is 1. The topological polar surface area (TPSA) is 128 Å². The van der Waals surface area contributed by atoms with Crippen LogP contribution >= 0.6 is 0 Å². The number of nitrogens with zero attached hydrogens (tertiary/aromatic N) is 4. The van der Waals surface area contributed by atoms with Crippen LogP contribution in [-0.4, -0.2) is 40.5 Å². The van der Waals surface area contributed by atoms with Crippen LogP contribution in [0.1, 0.15) is 10.6 Å². The van der Waals surface area contributed by atoms with Crippen molar-refractivity contribution < 1.29 is 22.0 Å². The van der Waals surface area contributed by atoms with E-state index in [0.29, 0.717) is 11.3 Å². The van der Waals surface area contributed by atoms with Crippen molar-refractivity contribution in [1.82, 2.24) is 19.9 Å². The Morgan fingerprint density at radius 2 is 1.81 bits per heavy atom. The van der Waals surface area contributed by atoms with Crippen molar-refractivity contribution in [3.8, 4) is 22.8 Å². The van der Waals surface area contributed by atoms with Gasteiger partial charge in [0.2, 0.25) is 5.76 Å². The molecule has 3 heterocycles. The smallest absolute Gasteiger partial charge is 0.294 e. The third kappa shape index (κ3) is 4.46. The molecule has 0 aliphatic carbocycles. The van der Waals surface area contributed by atoms with Crippen molar-refractivity contribution >= 4 is 21.6 Å². The Bertz CT molecular complexity index is 1350. The molecule has 11 heteroatoms. The second kappa shape index (κ2) is 8.03. The number of sulfone groups is 1. The number of oxazole rings is 1. The number of pyridine rings is 1. The number of aromatic nitrogens is 4. The van der Waals surface area contributed by atoms with E-state index in [1.54, 1.807) is 0 Å². The van der Waals surface area contributed by atoms with Gasteiger partial charge in [-0.25, -0.2) is 32.7 Å². The Kier molecular flexibility index (Phi) is 5.26. The molecular weight excluding hydrogens is 425 g/mol. The van der Waals surface area contributed by atoms with Gasteiger partial charge in [-0.05, 0) is 30.3 Å². The highest BCUT2D eigenvalue weighted by molar-refractivity contribution is 7.90. The lowest BCUT2D eigenvalue weighted by atomic mass is 10.1. The second-order valence-electron chi connectivity index (χ2n) is 6.41. The molecule has 0 aliphatic heterocycles. The number of carbonyl (C=O) groups is 1. The Balaban J connectivity index is 1.58. The van der Waals surface area contributed by atoms with Crippen LogP contribution in [-0.2, 0) is 9.84 Å². The number of anilines is 1. The SMILES string of the molecule is CS(=O)(=O)c1ccc(-c2ncoc2C(=O)Nc2ccnc(-c3ccc(F)cn3)n2)cc1. The molecule has 0 bridgehead atoms. The van der Waals surface area contributed by atoms with Gasteiger partial charge >= 0.3 is 0 Å². The zero-order valence-corrected chi connectivity index (χ0v) is 16.8. The number of rotatable bonds is 5. The van der Waals surface area contributed by atoms with Crippen LogP contribution in [0.25, 0.3) is 22.8 Å². The Hall–Kier alpha value is -3.99. The Morgan fingerprint density at radius 1 is 1.03 bits per heavy atom. The summed E-state index contributed by atoms with van der Waals surface area (Å²) in [5, 5.41) is 2.59. The van der Waals surface area contributed by atoms with Crippen molar-refractivity contribution in [1.29, 1.82) is 0 Å². The van der Waals surface area contributed by atoms with Crippen LogP contribution in [0.15, 0.2) is 70.6 Å². The molecule has 0 fully saturated rings. The highest BCUT2D eigenvalue weighted by atomic mass is 32.2. The van der Waals surface area contributed by atoms with Gasteiger partial charge in [0, 0.05) is 18.0 Å². The number of carbonyl (C=O) groups excluding carboxylic acids is 1. The van der Waals surface area contributed by atoms with Gasteiger partial charge in [-0.2, -0.15) is 0 Å². The van der Waals surface area contributed by atoms with E-state index < -0.39 is 21.6 Å². The van der Waals surface area contributed by atoms with Crippen LogP contribution in [0.2, 0.25) is 0 Å². The molecule has 3 aromatic heterocycles. The summed E-state index contributed by atoms with van der Waals surface area (Å²) in [6.45, 7) is 0. The molecule has 0 spiro atoms. The van der Waals surface area contributed by atoms with Crippen molar-refractivity contribution in [2.24, 2.45) is 0 Å². The average molecular weight is 439 g/mol. The highest BCUT2D eigenvalue weighted by Gasteiger charge is 2.20. The molecule has 156 valence electrons. The first-order valence-electron chi connectivity index (χ1n) is 8.81. The lowest BCUT2D eigenvalue weighted by Gasteiger charge is -2.06. The molecule has 0 unspecified atom stereocenters. The van der Waals surface area contributed by atoms with Gasteiger partial charge in [-0.15, -0.1) is 0 Å². The summed E-state index contributed by atoms with van der Waals surface area (Å²) >= 11 is 0. The first kappa shape index (κ1) is 20.3. The second-order valence-corrected chi connectivity index (χ2v) is 8.42. The number of benzene rings is 1. The maximum atomic E-state index is 13.1. The Labute approximate surface area is 176 Å². The zero-order chi connectivity index (χ0) is 22.0. The summed E-state index contributed by atoms with van der Waals surface area (Å²) in [7, 11) is -3.35. The normalized spacial score (nSPS) is 11.3. The summed E-state index contributed by atoms with van der Waals surface area (Å²) < 4.78 is 41.5. The summed E-state index contributed by atoms with van der Waals surface area (Å²) in [4.78, 5) is 29.1. The van der Waals surface area contributed by atoms with E-state index in [1.165, 1.54) is 48.7 Å². The van der Waals surface area contributed by atoms with Gasteiger partial charge < -0.3 is 9.73 Å². The molecule has 1 amide bonds. The number of amides is 1. The Morgan fingerprint density at radius 3 is 2.48 bits per heavy atom. The molecular formula is C20H14FN5O4S. The minimum atomic E-state index is -3.35. The van der Waals surface area contributed by atoms with E-state index in [4.69, 9.17) is 4.42 Å². The maximum Gasteiger partial charge on any atom is 0.294 e. The van der Waals surface area contributed by atoms with Crippen molar-refractivity contribution in [3.05, 3.63) is 72.8 Å². The summed E-state index contributed by atoms with van der Waals surface area (Å²) in [6.07, 6.45) is 4.69. The minimum Gasteiger partial charge on any atom is -0.438 e. The fraction of sp³-hybridized carbons (Fsp3) is 0.0500. The number of hydrogen-bond acceptors (Lipinski definition) is 8. The lowest BCUT2D eigenvalue weighted by Crippen LogP contribution is -2.13. The van der Waals surface area contributed by atoms with E-state index in [1.807, 2.05) is 0 Å². The average Bonchev–Trinajstić information content (AvgIpc) is 3.24. The minimum absolute atomic E-state index is 0.0767. The van der Waals surface area contributed by atoms with Crippen LogP contribution in [0.5, 0.6) is 0 Å². The fourth-order valence-electron chi connectivity index (χ4n) is 2.71. The largest absolute Gasteiger partial charge is 0.438 e. The molecule has 0 saturated carbocycles. The third-order valence-electron chi connectivity index (χ3n) is 4.18. The number of halogens is 1. The summed E-state index contributed by atoms with van der Waals surface area (Å²) in [5.74, 6) is -0.804. The van der Waals surface area contributed by atoms with E-state index in [9.17, 15) is 17.6 Å². The van der Waals surface area contributed by atoms with Crippen LogP contribution in [0.4, 0.5) is 10.2 Å². The van der Waals surface area contributed by atoms with Crippen molar-refractivity contribution in [2.75, 3.05) is 11.6 Å². The molecule has 4 rings (SSSR count). The van der Waals surface area contributed by atoms with E-state index in [0.717, 1.165) is 18.8 Å². The maximum absolute atomic E-state index is 13.1. The first-order valence-corrected chi connectivity index (χ1v) is 10.7. The van der Waals surface area contributed by atoms with Crippen LogP contribution < -0.4 is 5.32 Å². The molecule has 0 aliphatic rings. The quantitative estimate of drug-likeness (QED) is 0.503. The first-order chi connectivity index (χ1) is 14.8. The number of hydrogen-bond donors (Lipinski definition) is 1. The summed E-state index contributed by atoms with van der Waals surface area (Å²) in [5.41, 5.74) is 1.08.